The molecule has 1 N–H and O–H groups in total. The standard InChI is InChI=1S/C17H24BrN3/c1-5-21-15(16(18)13(2)20-21)11-19-12-17(3,4)14-9-7-6-8-10-14/h6-10,19H,5,11-12H2,1-4H3. The first-order chi connectivity index (χ1) is 9.95. The van der Waals surface area contributed by atoms with E-state index < -0.39 is 0 Å². The van der Waals surface area contributed by atoms with Crippen molar-refractivity contribution in [3.05, 3.63) is 51.8 Å². The van der Waals surface area contributed by atoms with E-state index in [0.717, 1.165) is 29.8 Å². The van der Waals surface area contributed by atoms with Crippen LogP contribution in [-0.2, 0) is 18.5 Å². The number of halogens is 1. The minimum atomic E-state index is 0.111. The summed E-state index contributed by atoms with van der Waals surface area (Å²) in [5, 5.41) is 8.11. The summed E-state index contributed by atoms with van der Waals surface area (Å²) < 4.78 is 3.18. The van der Waals surface area contributed by atoms with Gasteiger partial charge in [0.1, 0.15) is 0 Å². The maximum atomic E-state index is 4.53. The molecule has 0 aliphatic rings. The summed E-state index contributed by atoms with van der Waals surface area (Å²) in [6.07, 6.45) is 0. The van der Waals surface area contributed by atoms with E-state index in [1.54, 1.807) is 0 Å². The molecule has 0 saturated carbocycles. The minimum absolute atomic E-state index is 0.111. The highest BCUT2D eigenvalue weighted by atomic mass is 79.9. The lowest BCUT2D eigenvalue weighted by Gasteiger charge is -2.26. The van der Waals surface area contributed by atoms with Gasteiger partial charge in [-0.15, -0.1) is 0 Å². The van der Waals surface area contributed by atoms with Gasteiger partial charge in [0.25, 0.3) is 0 Å². The van der Waals surface area contributed by atoms with Crippen molar-refractivity contribution in [2.45, 2.75) is 46.2 Å². The third-order valence-electron chi connectivity index (χ3n) is 3.87. The van der Waals surface area contributed by atoms with Crippen LogP contribution >= 0.6 is 15.9 Å². The zero-order valence-electron chi connectivity index (χ0n) is 13.3. The number of rotatable bonds is 6. The summed E-state index contributed by atoms with van der Waals surface area (Å²) in [6.45, 7) is 11.3. The Morgan fingerprint density at radius 2 is 1.90 bits per heavy atom. The van der Waals surface area contributed by atoms with Crippen molar-refractivity contribution in [1.82, 2.24) is 15.1 Å². The Kier molecular flexibility index (Phi) is 5.22. The van der Waals surface area contributed by atoms with Gasteiger partial charge in [0, 0.05) is 25.0 Å². The summed E-state index contributed by atoms with van der Waals surface area (Å²) in [4.78, 5) is 0. The van der Waals surface area contributed by atoms with Gasteiger partial charge in [0.15, 0.2) is 0 Å². The second-order valence-electron chi connectivity index (χ2n) is 6.02. The molecule has 0 aliphatic carbocycles. The van der Waals surface area contributed by atoms with Crippen molar-refractivity contribution < 1.29 is 0 Å². The summed E-state index contributed by atoms with van der Waals surface area (Å²) in [5.74, 6) is 0. The highest BCUT2D eigenvalue weighted by Crippen LogP contribution is 2.23. The van der Waals surface area contributed by atoms with Crippen molar-refractivity contribution in [2.75, 3.05) is 6.54 Å². The molecule has 0 amide bonds. The summed E-state index contributed by atoms with van der Waals surface area (Å²) >= 11 is 3.64. The van der Waals surface area contributed by atoms with Crippen molar-refractivity contribution in [3.8, 4) is 0 Å². The number of aryl methyl sites for hydroxylation is 2. The van der Waals surface area contributed by atoms with Gasteiger partial charge >= 0.3 is 0 Å². The molecule has 0 radical (unpaired) electrons. The fraction of sp³-hybridized carbons (Fsp3) is 0.471. The fourth-order valence-electron chi connectivity index (χ4n) is 2.52. The van der Waals surface area contributed by atoms with E-state index >= 15 is 0 Å². The predicted octanol–water partition coefficient (Wildman–Crippen LogP) is 4.04. The second-order valence-corrected chi connectivity index (χ2v) is 6.81. The Balaban J connectivity index is 2.02. The largest absolute Gasteiger partial charge is 0.310 e. The summed E-state index contributed by atoms with van der Waals surface area (Å²) in [7, 11) is 0. The third-order valence-corrected chi connectivity index (χ3v) is 4.90. The lowest BCUT2D eigenvalue weighted by molar-refractivity contribution is 0.459. The molecule has 0 atom stereocenters. The molecule has 2 rings (SSSR count). The molecule has 4 heteroatoms. The average molecular weight is 350 g/mol. The van der Waals surface area contributed by atoms with Crippen LogP contribution in [0.5, 0.6) is 0 Å². The van der Waals surface area contributed by atoms with E-state index in [4.69, 9.17) is 0 Å². The predicted molar refractivity (Wildman–Crippen MR) is 91.5 cm³/mol. The van der Waals surface area contributed by atoms with E-state index in [0.29, 0.717) is 0 Å². The monoisotopic (exact) mass is 349 g/mol. The lowest BCUT2D eigenvalue weighted by Crippen LogP contribution is -2.33. The number of benzene rings is 1. The van der Waals surface area contributed by atoms with Crippen molar-refractivity contribution in [1.29, 1.82) is 0 Å². The molecule has 0 saturated heterocycles. The summed E-state index contributed by atoms with van der Waals surface area (Å²) in [5.41, 5.74) is 3.74. The maximum absolute atomic E-state index is 4.53. The van der Waals surface area contributed by atoms with E-state index in [-0.39, 0.29) is 5.41 Å². The van der Waals surface area contributed by atoms with Crippen LogP contribution in [0.4, 0.5) is 0 Å². The summed E-state index contributed by atoms with van der Waals surface area (Å²) in [6, 6.07) is 10.6. The molecule has 0 spiro atoms. The Morgan fingerprint density at radius 3 is 2.52 bits per heavy atom. The highest BCUT2D eigenvalue weighted by Gasteiger charge is 2.20. The SMILES string of the molecule is CCn1nc(C)c(Br)c1CNCC(C)(C)c1ccccc1. The third kappa shape index (κ3) is 3.74. The van der Waals surface area contributed by atoms with Gasteiger partial charge in [-0.05, 0) is 35.3 Å². The van der Waals surface area contributed by atoms with Crippen LogP contribution < -0.4 is 5.32 Å². The Hall–Kier alpha value is -1.13. The quantitative estimate of drug-likeness (QED) is 0.852. The number of hydrogen-bond donors (Lipinski definition) is 1. The zero-order chi connectivity index (χ0) is 15.5. The van der Waals surface area contributed by atoms with Crippen LogP contribution in [0, 0.1) is 6.92 Å². The van der Waals surface area contributed by atoms with E-state index in [2.05, 4.69) is 82.1 Å². The van der Waals surface area contributed by atoms with Crippen molar-refractivity contribution in [3.63, 3.8) is 0 Å². The molecule has 1 aromatic carbocycles. The van der Waals surface area contributed by atoms with Crippen LogP contribution in [0.15, 0.2) is 34.8 Å². The Labute approximate surface area is 135 Å². The van der Waals surface area contributed by atoms with Crippen molar-refractivity contribution in [2.24, 2.45) is 0 Å². The molecule has 114 valence electrons. The minimum Gasteiger partial charge on any atom is -0.310 e. The molecule has 0 bridgehead atoms. The van der Waals surface area contributed by atoms with Gasteiger partial charge in [-0.3, -0.25) is 4.68 Å². The smallest absolute Gasteiger partial charge is 0.0739 e. The molecule has 1 aromatic heterocycles. The fourth-order valence-corrected chi connectivity index (χ4v) is 2.95. The molecule has 0 aliphatic heterocycles. The van der Waals surface area contributed by atoms with Crippen LogP contribution in [0.1, 0.15) is 37.7 Å². The van der Waals surface area contributed by atoms with Gasteiger partial charge in [-0.1, -0.05) is 44.2 Å². The normalized spacial score (nSPS) is 11.9. The van der Waals surface area contributed by atoms with Gasteiger partial charge in [-0.2, -0.15) is 5.10 Å². The molecule has 0 fully saturated rings. The van der Waals surface area contributed by atoms with E-state index in [9.17, 15) is 0 Å². The number of hydrogen-bond acceptors (Lipinski definition) is 2. The number of aromatic nitrogens is 2. The van der Waals surface area contributed by atoms with Gasteiger partial charge in [0.05, 0.1) is 15.9 Å². The zero-order valence-corrected chi connectivity index (χ0v) is 14.9. The van der Waals surface area contributed by atoms with Crippen molar-refractivity contribution >= 4 is 15.9 Å². The van der Waals surface area contributed by atoms with E-state index in [1.165, 1.54) is 11.3 Å². The van der Waals surface area contributed by atoms with E-state index in [1.807, 2.05) is 6.92 Å². The van der Waals surface area contributed by atoms with Crippen LogP contribution in [0.2, 0.25) is 0 Å². The first-order valence-corrected chi connectivity index (χ1v) is 8.23. The molecule has 21 heavy (non-hydrogen) atoms. The van der Waals surface area contributed by atoms with Gasteiger partial charge < -0.3 is 5.32 Å². The van der Waals surface area contributed by atoms with Gasteiger partial charge in [-0.25, -0.2) is 0 Å². The second kappa shape index (κ2) is 6.75. The first-order valence-electron chi connectivity index (χ1n) is 7.43. The average Bonchev–Trinajstić information content (AvgIpc) is 2.75. The molecular formula is C17H24BrN3. The molecule has 1 heterocycles. The molecule has 0 unspecified atom stereocenters. The lowest BCUT2D eigenvalue weighted by atomic mass is 9.84. The first kappa shape index (κ1) is 16.2. The highest BCUT2D eigenvalue weighted by molar-refractivity contribution is 9.10. The van der Waals surface area contributed by atoms with Crippen LogP contribution in [0.25, 0.3) is 0 Å². The Bertz CT molecular complexity index is 588. The Morgan fingerprint density at radius 1 is 1.24 bits per heavy atom. The number of nitrogens with zero attached hydrogens (tertiary/aromatic N) is 2. The topological polar surface area (TPSA) is 29.9 Å². The van der Waals surface area contributed by atoms with Gasteiger partial charge in [0.2, 0.25) is 0 Å². The maximum Gasteiger partial charge on any atom is 0.0739 e. The number of nitrogens with one attached hydrogen (secondary N) is 1. The molecule has 2 aromatic rings. The molecule has 3 nitrogen and oxygen atoms in total. The van der Waals surface area contributed by atoms with Crippen LogP contribution in [0.3, 0.4) is 0 Å². The van der Waals surface area contributed by atoms with Crippen LogP contribution in [-0.4, -0.2) is 16.3 Å². The molecular weight excluding hydrogens is 326 g/mol.